The van der Waals surface area contributed by atoms with E-state index in [0.29, 0.717) is 5.56 Å². The highest BCUT2D eigenvalue weighted by atomic mass is 16.5. The largest absolute Gasteiger partial charge is 0.459 e. The molecule has 0 aromatic heterocycles. The Kier molecular flexibility index (Phi) is 22.0. The molecule has 0 unspecified atom stereocenters. The SMILES string of the molecule is CCCCCCCCCCCCCCCCCCCCc1ccc(C(=O)OC[C@@H](O)[C@@H](O)[C@H](O)[C@@H](O)CO)cc1. The maximum Gasteiger partial charge on any atom is 0.338 e. The van der Waals surface area contributed by atoms with Gasteiger partial charge in [0.05, 0.1) is 12.2 Å². The fourth-order valence-electron chi connectivity index (χ4n) is 4.94. The third-order valence-corrected chi connectivity index (χ3v) is 7.72. The minimum atomic E-state index is -1.76. The van der Waals surface area contributed by atoms with Crippen molar-refractivity contribution in [1.29, 1.82) is 0 Å². The Hall–Kier alpha value is -1.51. The Balaban J connectivity index is 2.01. The maximum absolute atomic E-state index is 12.2. The first-order valence-corrected chi connectivity index (χ1v) is 16.0. The molecule has 0 amide bonds. The van der Waals surface area contributed by atoms with Crippen LogP contribution in [0.1, 0.15) is 138 Å². The summed E-state index contributed by atoms with van der Waals surface area (Å²) in [5, 5.41) is 47.5. The van der Waals surface area contributed by atoms with Gasteiger partial charge in [-0.2, -0.15) is 0 Å². The number of hydrogen-bond donors (Lipinski definition) is 5. The topological polar surface area (TPSA) is 127 Å². The van der Waals surface area contributed by atoms with Gasteiger partial charge in [0.15, 0.2) is 0 Å². The number of aryl methyl sites for hydroxylation is 1. The molecule has 0 aliphatic heterocycles. The van der Waals surface area contributed by atoms with E-state index >= 15 is 0 Å². The molecular weight excluding hydrogens is 508 g/mol. The van der Waals surface area contributed by atoms with Gasteiger partial charge in [-0.3, -0.25) is 0 Å². The molecule has 0 fully saturated rings. The van der Waals surface area contributed by atoms with Crippen LogP contribution < -0.4 is 0 Å². The summed E-state index contributed by atoms with van der Waals surface area (Å²) in [5.41, 5.74) is 1.49. The summed E-state index contributed by atoms with van der Waals surface area (Å²) in [5.74, 6) is -0.650. The van der Waals surface area contributed by atoms with Crippen LogP contribution in [0, 0.1) is 0 Å². The zero-order valence-corrected chi connectivity index (χ0v) is 25.0. The molecule has 0 aliphatic rings. The maximum atomic E-state index is 12.2. The molecule has 5 N–H and O–H groups in total. The van der Waals surface area contributed by atoms with Crippen molar-refractivity contribution in [2.75, 3.05) is 13.2 Å². The zero-order valence-electron chi connectivity index (χ0n) is 25.0. The van der Waals surface area contributed by atoms with Crippen molar-refractivity contribution in [3.63, 3.8) is 0 Å². The van der Waals surface area contributed by atoms with Gasteiger partial charge in [-0.1, -0.05) is 128 Å². The highest BCUT2D eigenvalue weighted by Crippen LogP contribution is 2.16. The minimum absolute atomic E-state index is 0.333. The number of carbonyl (C=O) groups is 1. The van der Waals surface area contributed by atoms with Crippen LogP contribution in [0.3, 0.4) is 0 Å². The normalized spacial score (nSPS) is 14.6. The van der Waals surface area contributed by atoms with E-state index < -0.39 is 43.6 Å². The minimum Gasteiger partial charge on any atom is -0.459 e. The van der Waals surface area contributed by atoms with Crippen molar-refractivity contribution in [2.45, 2.75) is 153 Å². The molecule has 40 heavy (non-hydrogen) atoms. The van der Waals surface area contributed by atoms with Gasteiger partial charge in [0.1, 0.15) is 31.0 Å². The standard InChI is InChI=1S/C33H58O7/c1-2-3-4-5-6-7-8-9-10-11-12-13-14-15-16-17-18-19-20-27-21-23-28(24-22-27)33(39)40-26-30(36)32(38)31(37)29(35)25-34/h21-24,29-32,34-38H,2-20,25-26H2,1H3/t29-,30+,31+,32+/m0/s1. The lowest BCUT2D eigenvalue weighted by molar-refractivity contribution is -0.124. The van der Waals surface area contributed by atoms with Crippen LogP contribution in [0.5, 0.6) is 0 Å². The smallest absolute Gasteiger partial charge is 0.338 e. The van der Waals surface area contributed by atoms with Gasteiger partial charge in [-0.15, -0.1) is 0 Å². The van der Waals surface area contributed by atoms with Crippen molar-refractivity contribution in [2.24, 2.45) is 0 Å². The van der Waals surface area contributed by atoms with E-state index in [2.05, 4.69) is 6.92 Å². The van der Waals surface area contributed by atoms with E-state index in [1.54, 1.807) is 12.1 Å². The number of esters is 1. The van der Waals surface area contributed by atoms with E-state index in [-0.39, 0.29) is 0 Å². The van der Waals surface area contributed by atoms with Crippen molar-refractivity contribution in [3.05, 3.63) is 35.4 Å². The molecule has 0 saturated carbocycles. The quantitative estimate of drug-likeness (QED) is 0.0702. The predicted octanol–water partition coefficient (Wildman–Crippen LogP) is 5.86. The second-order valence-electron chi connectivity index (χ2n) is 11.4. The summed E-state index contributed by atoms with van der Waals surface area (Å²) in [6.45, 7) is 0.961. The summed E-state index contributed by atoms with van der Waals surface area (Å²) >= 11 is 0. The van der Waals surface area contributed by atoms with E-state index in [1.165, 1.54) is 109 Å². The van der Waals surface area contributed by atoms with Crippen LogP contribution in [0.2, 0.25) is 0 Å². The lowest BCUT2D eigenvalue weighted by atomic mass is 10.0. The molecule has 0 aliphatic carbocycles. The van der Waals surface area contributed by atoms with Crippen LogP contribution in [-0.2, 0) is 11.2 Å². The second kappa shape index (κ2) is 24.1. The molecule has 232 valence electrons. The van der Waals surface area contributed by atoms with Crippen LogP contribution in [0.4, 0.5) is 0 Å². The Morgan fingerprint density at radius 1 is 0.625 bits per heavy atom. The Bertz CT molecular complexity index is 724. The van der Waals surface area contributed by atoms with Crippen molar-refractivity contribution < 1.29 is 35.1 Å². The van der Waals surface area contributed by atoms with Gasteiger partial charge < -0.3 is 30.3 Å². The monoisotopic (exact) mass is 566 g/mol. The predicted molar refractivity (Wildman–Crippen MR) is 160 cm³/mol. The van der Waals surface area contributed by atoms with Crippen molar-refractivity contribution in [3.8, 4) is 0 Å². The average molecular weight is 567 g/mol. The summed E-state index contributed by atoms with van der Waals surface area (Å²) in [6.07, 6.45) is 18.7. The molecule has 1 aromatic rings. The first-order valence-electron chi connectivity index (χ1n) is 16.0. The fourth-order valence-corrected chi connectivity index (χ4v) is 4.94. The van der Waals surface area contributed by atoms with E-state index in [1.807, 2.05) is 12.1 Å². The molecule has 0 bridgehead atoms. The molecule has 0 heterocycles. The third-order valence-electron chi connectivity index (χ3n) is 7.72. The summed E-state index contributed by atoms with van der Waals surface area (Å²) in [6, 6.07) is 7.16. The molecule has 0 spiro atoms. The van der Waals surface area contributed by atoms with Crippen molar-refractivity contribution >= 4 is 5.97 Å². The third kappa shape index (κ3) is 17.3. The van der Waals surface area contributed by atoms with Gasteiger partial charge in [0, 0.05) is 0 Å². The highest BCUT2D eigenvalue weighted by Gasteiger charge is 2.30. The molecule has 0 radical (unpaired) electrons. The van der Waals surface area contributed by atoms with Gasteiger partial charge in [0.25, 0.3) is 0 Å². The lowest BCUT2D eigenvalue weighted by Crippen LogP contribution is -2.47. The molecule has 7 nitrogen and oxygen atoms in total. The number of unbranched alkanes of at least 4 members (excludes halogenated alkanes) is 17. The highest BCUT2D eigenvalue weighted by molar-refractivity contribution is 5.89. The van der Waals surface area contributed by atoms with E-state index in [9.17, 15) is 25.2 Å². The molecular formula is C33H58O7. The molecule has 0 saturated heterocycles. The van der Waals surface area contributed by atoms with E-state index in [0.717, 1.165) is 18.4 Å². The summed E-state index contributed by atoms with van der Waals surface area (Å²) in [4.78, 5) is 12.2. The number of ether oxygens (including phenoxy) is 1. The molecule has 7 heteroatoms. The first kappa shape index (κ1) is 36.5. The van der Waals surface area contributed by atoms with E-state index in [4.69, 9.17) is 9.84 Å². The average Bonchev–Trinajstić information content (AvgIpc) is 2.98. The van der Waals surface area contributed by atoms with Crippen LogP contribution in [-0.4, -0.2) is 69.1 Å². The number of hydrogen-bond acceptors (Lipinski definition) is 7. The summed E-state index contributed by atoms with van der Waals surface area (Å²) < 4.78 is 5.01. The number of rotatable bonds is 26. The molecule has 1 aromatic carbocycles. The van der Waals surface area contributed by atoms with Crippen LogP contribution >= 0.6 is 0 Å². The lowest BCUT2D eigenvalue weighted by Gasteiger charge is -2.25. The Labute approximate surface area is 243 Å². The number of aliphatic hydroxyl groups is 5. The zero-order chi connectivity index (χ0) is 29.4. The molecule has 1 rings (SSSR count). The summed E-state index contributed by atoms with van der Waals surface area (Å²) in [7, 11) is 0. The van der Waals surface area contributed by atoms with Crippen LogP contribution in [0.15, 0.2) is 24.3 Å². The van der Waals surface area contributed by atoms with Crippen LogP contribution in [0.25, 0.3) is 0 Å². The van der Waals surface area contributed by atoms with Crippen molar-refractivity contribution in [1.82, 2.24) is 0 Å². The number of aliphatic hydroxyl groups excluding tert-OH is 5. The second-order valence-corrected chi connectivity index (χ2v) is 11.4. The number of benzene rings is 1. The fraction of sp³-hybridized carbons (Fsp3) is 0.788. The van der Waals surface area contributed by atoms with Gasteiger partial charge in [0.2, 0.25) is 0 Å². The Morgan fingerprint density at radius 3 is 1.45 bits per heavy atom. The van der Waals surface area contributed by atoms with Gasteiger partial charge in [-0.25, -0.2) is 4.79 Å². The Morgan fingerprint density at radius 2 is 1.02 bits per heavy atom. The first-order chi connectivity index (χ1) is 19.4. The van der Waals surface area contributed by atoms with Gasteiger partial charge >= 0.3 is 5.97 Å². The number of carbonyl (C=O) groups excluding carboxylic acids is 1. The molecule has 4 atom stereocenters. The van der Waals surface area contributed by atoms with Gasteiger partial charge in [-0.05, 0) is 30.5 Å².